The maximum Gasteiger partial charge on any atom is 0.146 e. The summed E-state index contributed by atoms with van der Waals surface area (Å²) >= 11 is 0. The van der Waals surface area contributed by atoms with Crippen LogP contribution in [0.3, 0.4) is 0 Å². The van der Waals surface area contributed by atoms with Crippen LogP contribution in [0.25, 0.3) is 0 Å². The van der Waals surface area contributed by atoms with Gasteiger partial charge >= 0.3 is 0 Å². The van der Waals surface area contributed by atoms with Crippen LogP contribution in [-0.2, 0) is 17.7 Å². The van der Waals surface area contributed by atoms with E-state index in [1.54, 1.807) is 0 Å². The minimum Gasteiger partial charge on any atom is -0.396 e. The fraction of sp³-hybridized carbons (Fsp3) is 0.667. The molecule has 0 amide bonds. The first-order chi connectivity index (χ1) is 12.2. The van der Waals surface area contributed by atoms with Crippen molar-refractivity contribution < 1.29 is 9.84 Å². The molecule has 2 aliphatic rings. The summed E-state index contributed by atoms with van der Waals surface area (Å²) in [5, 5.41) is 25.3. The lowest BCUT2D eigenvalue weighted by atomic mass is 9.96. The Kier molecular flexibility index (Phi) is 6.08. The summed E-state index contributed by atoms with van der Waals surface area (Å²) < 4.78 is 5.70. The third-order valence-electron chi connectivity index (χ3n) is 4.84. The van der Waals surface area contributed by atoms with Gasteiger partial charge in [0.05, 0.1) is 11.7 Å². The predicted molar refractivity (Wildman–Crippen MR) is 96.6 cm³/mol. The summed E-state index contributed by atoms with van der Waals surface area (Å²) in [6, 6.07) is 2.33. The molecule has 7 nitrogen and oxygen atoms in total. The number of hydrogen-bond acceptors (Lipinski definition) is 7. The van der Waals surface area contributed by atoms with Gasteiger partial charge in [-0.3, -0.25) is 0 Å². The number of nitrogens with zero attached hydrogens (tertiary/aromatic N) is 3. The zero-order valence-electron chi connectivity index (χ0n) is 14.8. The number of nitrogens with one attached hydrogen (secondary N) is 2. The van der Waals surface area contributed by atoms with Crippen molar-refractivity contribution in [3.05, 3.63) is 16.7 Å². The van der Waals surface area contributed by atoms with E-state index >= 15 is 0 Å². The number of anilines is 2. The second kappa shape index (κ2) is 8.48. The number of aromatic nitrogens is 1. The number of rotatable bonds is 7. The second-order valence-corrected chi connectivity index (χ2v) is 6.76. The smallest absolute Gasteiger partial charge is 0.146 e. The Balaban J connectivity index is 1.87. The van der Waals surface area contributed by atoms with Gasteiger partial charge in [-0.1, -0.05) is 0 Å². The zero-order chi connectivity index (χ0) is 17.6. The van der Waals surface area contributed by atoms with Crippen molar-refractivity contribution >= 4 is 11.6 Å². The summed E-state index contributed by atoms with van der Waals surface area (Å²) in [5.74, 6) is 1.47. The van der Waals surface area contributed by atoms with Crippen molar-refractivity contribution in [2.75, 3.05) is 50.5 Å². The third kappa shape index (κ3) is 4.21. The molecule has 0 unspecified atom stereocenters. The second-order valence-electron chi connectivity index (χ2n) is 6.76. The average Bonchev–Trinajstić information content (AvgIpc) is 3.13. The fourth-order valence-corrected chi connectivity index (χ4v) is 3.47. The monoisotopic (exact) mass is 345 g/mol. The molecular weight excluding hydrogens is 318 g/mol. The molecule has 0 saturated carbocycles. The molecule has 3 heterocycles. The standard InChI is InChI=1S/C18H27N5O2/c1-23-7-5-14-15(10-19)17(20-6-3-8-24)22-18(16(14)12-23)21-11-13-4-2-9-25-13/h13,24H,2-9,11-12H2,1H3,(H2,20,21,22)/t13-/m1/s1. The molecule has 3 rings (SSSR count). The quantitative estimate of drug-likeness (QED) is 0.642. The summed E-state index contributed by atoms with van der Waals surface area (Å²) in [6.45, 7) is 4.03. The van der Waals surface area contributed by atoms with Crippen molar-refractivity contribution in [1.82, 2.24) is 9.88 Å². The Bertz CT molecular complexity index is 637. The molecule has 1 aromatic heterocycles. The molecule has 0 bridgehead atoms. The number of likely N-dealkylation sites (N-methyl/N-ethyl adjacent to an activating group) is 1. The number of aliphatic hydroxyl groups is 1. The van der Waals surface area contributed by atoms with Gasteiger partial charge in [0, 0.05) is 45.0 Å². The average molecular weight is 345 g/mol. The fourth-order valence-electron chi connectivity index (χ4n) is 3.47. The van der Waals surface area contributed by atoms with E-state index in [0.717, 1.165) is 62.4 Å². The third-order valence-corrected chi connectivity index (χ3v) is 4.84. The van der Waals surface area contributed by atoms with E-state index < -0.39 is 0 Å². The maximum atomic E-state index is 9.66. The molecule has 0 radical (unpaired) electrons. The van der Waals surface area contributed by atoms with Crippen LogP contribution in [0.15, 0.2) is 0 Å². The van der Waals surface area contributed by atoms with Gasteiger partial charge in [-0.2, -0.15) is 5.26 Å². The summed E-state index contributed by atoms with van der Waals surface area (Å²) in [7, 11) is 2.09. The molecule has 136 valence electrons. The van der Waals surface area contributed by atoms with Gasteiger partial charge in [0.1, 0.15) is 17.7 Å². The van der Waals surface area contributed by atoms with Crippen LogP contribution in [0.5, 0.6) is 0 Å². The van der Waals surface area contributed by atoms with Crippen LogP contribution in [0.1, 0.15) is 36.0 Å². The Morgan fingerprint density at radius 1 is 1.36 bits per heavy atom. The predicted octanol–water partition coefficient (Wildman–Crippen LogP) is 1.33. The largest absolute Gasteiger partial charge is 0.396 e. The summed E-state index contributed by atoms with van der Waals surface area (Å²) in [5.41, 5.74) is 2.86. The molecule has 3 N–H and O–H groups in total. The normalized spacial score (nSPS) is 20.1. The number of nitriles is 1. The molecule has 1 atom stereocenters. The van der Waals surface area contributed by atoms with Gasteiger partial charge in [0.25, 0.3) is 0 Å². The SMILES string of the molecule is CN1CCc2c(C#N)c(NCCCO)nc(NC[C@H]3CCCO3)c2C1. The van der Waals surface area contributed by atoms with E-state index in [1.807, 2.05) is 0 Å². The van der Waals surface area contributed by atoms with E-state index in [-0.39, 0.29) is 12.7 Å². The van der Waals surface area contributed by atoms with Crippen LogP contribution in [0, 0.1) is 11.3 Å². The lowest BCUT2D eigenvalue weighted by molar-refractivity contribution is 0.120. The van der Waals surface area contributed by atoms with E-state index in [2.05, 4.69) is 28.7 Å². The molecule has 1 saturated heterocycles. The minimum atomic E-state index is 0.120. The Morgan fingerprint density at radius 3 is 2.96 bits per heavy atom. The maximum absolute atomic E-state index is 9.66. The summed E-state index contributed by atoms with van der Waals surface area (Å²) in [6.07, 6.45) is 3.90. The van der Waals surface area contributed by atoms with Gasteiger partial charge < -0.3 is 25.4 Å². The number of pyridine rings is 1. The lowest BCUT2D eigenvalue weighted by Gasteiger charge is -2.29. The van der Waals surface area contributed by atoms with Gasteiger partial charge in [-0.25, -0.2) is 4.98 Å². The van der Waals surface area contributed by atoms with Gasteiger partial charge in [-0.05, 0) is 38.3 Å². The van der Waals surface area contributed by atoms with Crippen LogP contribution in [-0.4, -0.2) is 61.0 Å². The molecule has 1 fully saturated rings. The highest BCUT2D eigenvalue weighted by molar-refractivity contribution is 5.66. The van der Waals surface area contributed by atoms with E-state index in [9.17, 15) is 5.26 Å². The first kappa shape index (κ1) is 17.9. The Hall–Kier alpha value is -1.88. The first-order valence-electron chi connectivity index (χ1n) is 9.07. The van der Waals surface area contributed by atoms with E-state index in [1.165, 1.54) is 0 Å². The molecule has 2 aliphatic heterocycles. The van der Waals surface area contributed by atoms with Crippen molar-refractivity contribution in [2.24, 2.45) is 0 Å². The minimum absolute atomic E-state index is 0.120. The first-order valence-corrected chi connectivity index (χ1v) is 9.07. The van der Waals surface area contributed by atoms with Gasteiger partial charge in [0.2, 0.25) is 0 Å². The van der Waals surface area contributed by atoms with Gasteiger partial charge in [-0.15, -0.1) is 0 Å². The number of aliphatic hydroxyl groups excluding tert-OH is 1. The zero-order valence-corrected chi connectivity index (χ0v) is 14.8. The van der Waals surface area contributed by atoms with Crippen molar-refractivity contribution in [3.8, 4) is 6.07 Å². The molecule has 0 aliphatic carbocycles. The highest BCUT2D eigenvalue weighted by atomic mass is 16.5. The molecule has 0 spiro atoms. The highest BCUT2D eigenvalue weighted by Crippen LogP contribution is 2.31. The van der Waals surface area contributed by atoms with Crippen molar-refractivity contribution in [1.29, 1.82) is 5.26 Å². The van der Waals surface area contributed by atoms with Crippen molar-refractivity contribution in [3.63, 3.8) is 0 Å². The molecule has 0 aromatic carbocycles. The lowest BCUT2D eigenvalue weighted by Crippen LogP contribution is -2.30. The molecule has 25 heavy (non-hydrogen) atoms. The van der Waals surface area contributed by atoms with Crippen LogP contribution >= 0.6 is 0 Å². The Labute approximate surface area is 149 Å². The Morgan fingerprint density at radius 2 is 2.24 bits per heavy atom. The molecular formula is C18H27N5O2. The van der Waals surface area contributed by atoms with Crippen LogP contribution in [0.2, 0.25) is 0 Å². The van der Waals surface area contributed by atoms with E-state index in [4.69, 9.17) is 14.8 Å². The summed E-state index contributed by atoms with van der Waals surface area (Å²) in [4.78, 5) is 6.97. The number of fused-ring (bicyclic) bond motifs is 1. The van der Waals surface area contributed by atoms with Gasteiger partial charge in [0.15, 0.2) is 0 Å². The van der Waals surface area contributed by atoms with Crippen LogP contribution < -0.4 is 10.6 Å². The number of hydrogen-bond donors (Lipinski definition) is 3. The molecule has 1 aromatic rings. The van der Waals surface area contributed by atoms with Crippen molar-refractivity contribution in [2.45, 2.75) is 38.3 Å². The number of ether oxygens (including phenoxy) is 1. The van der Waals surface area contributed by atoms with Crippen LogP contribution in [0.4, 0.5) is 11.6 Å². The topological polar surface area (TPSA) is 93.4 Å². The van der Waals surface area contributed by atoms with E-state index in [0.29, 0.717) is 24.3 Å². The highest BCUT2D eigenvalue weighted by Gasteiger charge is 2.25. The molecule has 7 heteroatoms.